The van der Waals surface area contributed by atoms with Crippen molar-refractivity contribution in [3.05, 3.63) is 60.2 Å². The van der Waals surface area contributed by atoms with Crippen LogP contribution in [0.1, 0.15) is 37.8 Å². The number of ether oxygens (including phenoxy) is 2. The van der Waals surface area contributed by atoms with Gasteiger partial charge >= 0.3 is 0 Å². The van der Waals surface area contributed by atoms with E-state index in [0.29, 0.717) is 12.3 Å². The highest BCUT2D eigenvalue weighted by molar-refractivity contribution is 5.80. The first kappa shape index (κ1) is 20.2. The van der Waals surface area contributed by atoms with Gasteiger partial charge in [-0.3, -0.25) is 9.69 Å². The Labute approximate surface area is 167 Å². The summed E-state index contributed by atoms with van der Waals surface area (Å²) in [4.78, 5) is 15.1. The number of rotatable bonds is 8. The van der Waals surface area contributed by atoms with Gasteiger partial charge in [0.15, 0.2) is 6.10 Å². The highest BCUT2D eigenvalue weighted by Gasteiger charge is 2.26. The Morgan fingerprint density at radius 2 is 1.71 bits per heavy atom. The maximum Gasteiger partial charge on any atom is 0.260 e. The van der Waals surface area contributed by atoms with Gasteiger partial charge in [-0.1, -0.05) is 42.8 Å². The maximum absolute atomic E-state index is 12.6. The van der Waals surface area contributed by atoms with Crippen LogP contribution in [0.15, 0.2) is 54.6 Å². The van der Waals surface area contributed by atoms with Gasteiger partial charge in [-0.25, -0.2) is 0 Å². The SMILES string of the molecule is COc1ccccc1C(CNC(=O)C(C)Oc1ccccc1)N1CCCCC1. The summed E-state index contributed by atoms with van der Waals surface area (Å²) >= 11 is 0. The molecule has 2 aromatic carbocycles. The van der Waals surface area contributed by atoms with Gasteiger partial charge in [0.25, 0.3) is 5.91 Å². The second-order valence-corrected chi connectivity index (χ2v) is 7.17. The van der Waals surface area contributed by atoms with Crippen molar-refractivity contribution in [2.24, 2.45) is 0 Å². The lowest BCUT2D eigenvalue weighted by Crippen LogP contribution is -2.44. The number of carbonyl (C=O) groups excluding carboxylic acids is 1. The normalized spacial score (nSPS) is 16.8. The fourth-order valence-corrected chi connectivity index (χ4v) is 3.71. The molecule has 0 aromatic heterocycles. The van der Waals surface area contributed by atoms with Crippen LogP contribution in [-0.2, 0) is 4.79 Å². The van der Waals surface area contributed by atoms with Gasteiger partial charge in [0.1, 0.15) is 11.5 Å². The summed E-state index contributed by atoms with van der Waals surface area (Å²) in [6.07, 6.45) is 3.09. The lowest BCUT2D eigenvalue weighted by atomic mass is 10.0. The molecule has 5 heteroatoms. The number of hydrogen-bond donors (Lipinski definition) is 1. The molecule has 1 amide bonds. The molecule has 1 saturated heterocycles. The van der Waals surface area contributed by atoms with E-state index in [-0.39, 0.29) is 11.9 Å². The number of carbonyl (C=O) groups is 1. The number of amides is 1. The highest BCUT2D eigenvalue weighted by Crippen LogP contribution is 2.30. The third-order valence-corrected chi connectivity index (χ3v) is 5.22. The first-order valence-corrected chi connectivity index (χ1v) is 10.1. The topological polar surface area (TPSA) is 50.8 Å². The fraction of sp³-hybridized carbons (Fsp3) is 0.435. The Hall–Kier alpha value is -2.53. The van der Waals surface area contributed by atoms with Crippen LogP contribution in [-0.4, -0.2) is 43.7 Å². The molecule has 2 unspecified atom stereocenters. The zero-order valence-electron chi connectivity index (χ0n) is 16.8. The van der Waals surface area contributed by atoms with Crippen molar-refractivity contribution in [1.82, 2.24) is 10.2 Å². The Balaban J connectivity index is 1.68. The van der Waals surface area contributed by atoms with Gasteiger partial charge in [-0.2, -0.15) is 0 Å². The second-order valence-electron chi connectivity index (χ2n) is 7.17. The molecule has 28 heavy (non-hydrogen) atoms. The van der Waals surface area contributed by atoms with E-state index in [9.17, 15) is 4.79 Å². The summed E-state index contributed by atoms with van der Waals surface area (Å²) in [5.41, 5.74) is 1.11. The highest BCUT2D eigenvalue weighted by atomic mass is 16.5. The summed E-state index contributed by atoms with van der Waals surface area (Å²) in [5.74, 6) is 1.45. The number of benzene rings is 2. The number of para-hydroxylation sites is 2. The molecule has 1 N–H and O–H groups in total. The van der Waals surface area contributed by atoms with Crippen LogP contribution >= 0.6 is 0 Å². The lowest BCUT2D eigenvalue weighted by molar-refractivity contribution is -0.127. The van der Waals surface area contributed by atoms with E-state index in [4.69, 9.17) is 9.47 Å². The summed E-state index contributed by atoms with van der Waals surface area (Å²) in [7, 11) is 1.69. The largest absolute Gasteiger partial charge is 0.496 e. The van der Waals surface area contributed by atoms with E-state index in [0.717, 1.165) is 24.4 Å². The van der Waals surface area contributed by atoms with E-state index in [1.807, 2.05) is 48.5 Å². The average Bonchev–Trinajstić information content (AvgIpc) is 2.75. The number of piperidine rings is 1. The minimum Gasteiger partial charge on any atom is -0.496 e. The van der Waals surface area contributed by atoms with Gasteiger partial charge in [0.05, 0.1) is 13.2 Å². The van der Waals surface area contributed by atoms with Crippen LogP contribution in [0.4, 0.5) is 0 Å². The van der Waals surface area contributed by atoms with Gasteiger partial charge in [0, 0.05) is 12.1 Å². The number of nitrogens with one attached hydrogen (secondary N) is 1. The van der Waals surface area contributed by atoms with Gasteiger partial charge in [0.2, 0.25) is 0 Å². The van der Waals surface area contributed by atoms with Gasteiger partial charge < -0.3 is 14.8 Å². The second kappa shape index (κ2) is 10.1. The van der Waals surface area contributed by atoms with E-state index < -0.39 is 6.10 Å². The molecule has 2 aromatic rings. The van der Waals surface area contributed by atoms with Crippen molar-refractivity contribution >= 4 is 5.91 Å². The molecular formula is C23H30N2O3. The molecule has 1 aliphatic rings. The molecule has 1 fully saturated rings. The fourth-order valence-electron chi connectivity index (χ4n) is 3.71. The number of methoxy groups -OCH3 is 1. The van der Waals surface area contributed by atoms with E-state index in [1.54, 1.807) is 14.0 Å². The monoisotopic (exact) mass is 382 g/mol. The van der Waals surface area contributed by atoms with Crippen LogP contribution in [0.3, 0.4) is 0 Å². The van der Waals surface area contributed by atoms with Gasteiger partial charge in [-0.05, 0) is 51.1 Å². The predicted molar refractivity (Wildman–Crippen MR) is 111 cm³/mol. The molecule has 0 aliphatic carbocycles. The van der Waals surface area contributed by atoms with Crippen LogP contribution < -0.4 is 14.8 Å². The molecule has 1 aliphatic heterocycles. The third kappa shape index (κ3) is 5.26. The third-order valence-electron chi connectivity index (χ3n) is 5.22. The summed E-state index contributed by atoms with van der Waals surface area (Å²) in [6.45, 7) is 4.38. The molecule has 0 radical (unpaired) electrons. The average molecular weight is 383 g/mol. The molecule has 3 rings (SSSR count). The van der Waals surface area contributed by atoms with Crippen LogP contribution in [0, 0.1) is 0 Å². The smallest absolute Gasteiger partial charge is 0.260 e. The Morgan fingerprint density at radius 3 is 2.43 bits per heavy atom. The summed E-state index contributed by atoms with van der Waals surface area (Å²) < 4.78 is 11.3. The standard InChI is InChI=1S/C23H30N2O3/c1-18(28-19-11-5-3-6-12-19)23(26)24-17-21(25-15-9-4-10-16-25)20-13-7-8-14-22(20)27-2/h3,5-8,11-14,18,21H,4,9-10,15-17H2,1-2H3,(H,24,26). The Kier molecular flexibility index (Phi) is 7.31. The first-order valence-electron chi connectivity index (χ1n) is 10.1. The molecule has 0 spiro atoms. The first-order chi connectivity index (χ1) is 13.7. The Bertz CT molecular complexity index is 745. The quantitative estimate of drug-likeness (QED) is 0.754. The summed E-state index contributed by atoms with van der Waals surface area (Å²) in [5, 5.41) is 3.09. The predicted octanol–water partition coefficient (Wildman–Crippen LogP) is 3.81. The minimum absolute atomic E-state index is 0.0873. The van der Waals surface area contributed by atoms with Crippen molar-refractivity contribution in [3.63, 3.8) is 0 Å². The van der Waals surface area contributed by atoms with Crippen molar-refractivity contribution in [3.8, 4) is 11.5 Å². The molecular weight excluding hydrogens is 352 g/mol. The molecule has 0 bridgehead atoms. The molecule has 2 atom stereocenters. The van der Waals surface area contributed by atoms with Crippen LogP contribution in [0.5, 0.6) is 11.5 Å². The zero-order valence-corrected chi connectivity index (χ0v) is 16.8. The number of likely N-dealkylation sites (tertiary alicyclic amines) is 1. The van der Waals surface area contributed by atoms with E-state index >= 15 is 0 Å². The van der Waals surface area contributed by atoms with E-state index in [1.165, 1.54) is 19.3 Å². The van der Waals surface area contributed by atoms with Crippen molar-refractivity contribution in [2.75, 3.05) is 26.7 Å². The molecule has 1 heterocycles. The minimum atomic E-state index is -0.554. The van der Waals surface area contributed by atoms with Crippen LogP contribution in [0.2, 0.25) is 0 Å². The molecule has 5 nitrogen and oxygen atoms in total. The molecule has 0 saturated carbocycles. The van der Waals surface area contributed by atoms with Crippen LogP contribution in [0.25, 0.3) is 0 Å². The zero-order chi connectivity index (χ0) is 19.8. The van der Waals surface area contributed by atoms with Gasteiger partial charge in [-0.15, -0.1) is 0 Å². The number of hydrogen-bond acceptors (Lipinski definition) is 4. The molecule has 150 valence electrons. The lowest BCUT2D eigenvalue weighted by Gasteiger charge is -2.35. The number of nitrogens with zero attached hydrogens (tertiary/aromatic N) is 1. The van der Waals surface area contributed by atoms with Crippen molar-refractivity contribution < 1.29 is 14.3 Å². The summed E-state index contributed by atoms with van der Waals surface area (Å²) in [6, 6.07) is 17.6. The van der Waals surface area contributed by atoms with Crippen molar-refractivity contribution in [1.29, 1.82) is 0 Å². The maximum atomic E-state index is 12.6. The van der Waals surface area contributed by atoms with E-state index in [2.05, 4.69) is 16.3 Å². The Morgan fingerprint density at radius 1 is 1.04 bits per heavy atom. The van der Waals surface area contributed by atoms with Crippen molar-refractivity contribution in [2.45, 2.75) is 38.3 Å².